The summed E-state index contributed by atoms with van der Waals surface area (Å²) in [5.74, 6) is -0.513. The Labute approximate surface area is 148 Å². The van der Waals surface area contributed by atoms with E-state index in [0.29, 0.717) is 0 Å². The number of hydrogen-bond donors (Lipinski definition) is 0. The van der Waals surface area contributed by atoms with E-state index in [0.717, 1.165) is 38.7 Å². The average molecular weight is 349 g/mol. The highest BCUT2D eigenvalue weighted by Crippen LogP contribution is 2.53. The quantitative estimate of drug-likeness (QED) is 0.573. The van der Waals surface area contributed by atoms with Crippen LogP contribution in [0, 0.1) is 23.2 Å². The van der Waals surface area contributed by atoms with Gasteiger partial charge in [-0.1, -0.05) is 26.7 Å². The van der Waals surface area contributed by atoms with E-state index in [-0.39, 0.29) is 66.1 Å². The van der Waals surface area contributed by atoms with Crippen molar-refractivity contribution < 1.29 is 23.9 Å². The predicted octanol–water partition coefficient (Wildman–Crippen LogP) is 1.91. The van der Waals surface area contributed by atoms with Crippen molar-refractivity contribution in [2.24, 2.45) is 23.2 Å². The fraction of sp³-hybridized carbons (Fsp3) is 0.842. The molecule has 2 saturated carbocycles. The number of imide groups is 1. The van der Waals surface area contributed by atoms with E-state index in [4.69, 9.17) is 9.47 Å². The molecule has 2 amide bonds. The molecule has 2 heterocycles. The van der Waals surface area contributed by atoms with Crippen molar-refractivity contribution in [2.45, 2.75) is 64.6 Å². The highest BCUT2D eigenvalue weighted by Gasteiger charge is 2.61. The molecule has 0 radical (unpaired) electrons. The van der Waals surface area contributed by atoms with Gasteiger partial charge >= 0.3 is 5.97 Å². The molecular weight excluding hydrogens is 322 g/mol. The molecule has 0 bridgehead atoms. The van der Waals surface area contributed by atoms with Gasteiger partial charge in [-0.25, -0.2) is 0 Å². The smallest absolute Gasteiger partial charge is 0.307 e. The number of hydrogen-bond acceptors (Lipinski definition) is 5. The lowest BCUT2D eigenvalue weighted by Gasteiger charge is -2.53. The zero-order valence-electron chi connectivity index (χ0n) is 15.0. The number of carbonyl (C=O) groups excluding carboxylic acids is 3. The minimum atomic E-state index is -0.320. The number of rotatable bonds is 4. The van der Waals surface area contributed by atoms with Crippen LogP contribution in [-0.2, 0) is 23.9 Å². The number of carbonyl (C=O) groups is 3. The number of likely N-dealkylation sites (tertiary alicyclic amines) is 1. The van der Waals surface area contributed by atoms with Gasteiger partial charge in [0, 0.05) is 24.5 Å². The van der Waals surface area contributed by atoms with E-state index in [1.807, 2.05) is 0 Å². The number of ether oxygens (including phenoxy) is 2. The first kappa shape index (κ1) is 17.0. The van der Waals surface area contributed by atoms with Crippen LogP contribution in [0.25, 0.3) is 0 Å². The lowest BCUT2D eigenvalue weighted by atomic mass is 9.59. The van der Waals surface area contributed by atoms with Gasteiger partial charge in [0.25, 0.3) is 0 Å². The first-order chi connectivity index (χ1) is 11.9. The second kappa shape index (κ2) is 6.08. The Morgan fingerprint density at radius 3 is 2.44 bits per heavy atom. The molecule has 5 unspecified atom stereocenters. The van der Waals surface area contributed by atoms with Gasteiger partial charge in [-0.2, -0.15) is 0 Å². The fourth-order valence-electron chi connectivity index (χ4n) is 5.37. The van der Waals surface area contributed by atoms with Crippen molar-refractivity contribution in [3.8, 4) is 0 Å². The molecule has 0 aromatic heterocycles. The molecule has 4 rings (SSSR count). The summed E-state index contributed by atoms with van der Waals surface area (Å²) in [7, 11) is 0. The minimum Gasteiger partial charge on any atom is -0.461 e. The molecule has 0 N–H and O–H groups in total. The second-order valence-electron chi connectivity index (χ2n) is 8.55. The molecule has 2 saturated heterocycles. The predicted molar refractivity (Wildman–Crippen MR) is 88.3 cm³/mol. The third-order valence-corrected chi connectivity index (χ3v) is 6.72. The van der Waals surface area contributed by atoms with Crippen molar-refractivity contribution in [1.29, 1.82) is 0 Å². The summed E-state index contributed by atoms with van der Waals surface area (Å²) in [6, 6.07) is 0. The van der Waals surface area contributed by atoms with Crippen molar-refractivity contribution in [3.63, 3.8) is 0 Å². The number of esters is 1. The molecule has 6 heteroatoms. The van der Waals surface area contributed by atoms with Crippen LogP contribution in [0.5, 0.6) is 0 Å². The summed E-state index contributed by atoms with van der Waals surface area (Å²) in [5.41, 5.74) is -0.162. The Bertz CT molecular complexity index is 577. The zero-order chi connectivity index (χ0) is 17.8. The maximum Gasteiger partial charge on any atom is 0.307 e. The van der Waals surface area contributed by atoms with E-state index in [2.05, 4.69) is 13.8 Å². The molecule has 2 aliphatic carbocycles. The van der Waals surface area contributed by atoms with Crippen LogP contribution < -0.4 is 0 Å². The van der Waals surface area contributed by atoms with E-state index >= 15 is 0 Å². The molecule has 0 aromatic carbocycles. The Morgan fingerprint density at radius 1 is 1.16 bits per heavy atom. The van der Waals surface area contributed by atoms with E-state index in [9.17, 15) is 14.4 Å². The average Bonchev–Trinajstić information content (AvgIpc) is 3.15. The summed E-state index contributed by atoms with van der Waals surface area (Å²) in [6.45, 7) is 5.01. The van der Waals surface area contributed by atoms with Gasteiger partial charge < -0.3 is 9.47 Å². The summed E-state index contributed by atoms with van der Waals surface area (Å²) in [6.07, 6.45) is 4.69. The summed E-state index contributed by atoms with van der Waals surface area (Å²) < 4.78 is 11.4. The molecular formula is C19H27NO5. The molecule has 0 spiro atoms. The maximum absolute atomic E-state index is 12.4. The van der Waals surface area contributed by atoms with Crippen LogP contribution in [-0.4, -0.2) is 48.0 Å². The van der Waals surface area contributed by atoms with Crippen LogP contribution in [0.1, 0.15) is 52.4 Å². The van der Waals surface area contributed by atoms with Gasteiger partial charge in [-0.05, 0) is 19.3 Å². The van der Waals surface area contributed by atoms with Gasteiger partial charge in [-0.15, -0.1) is 0 Å². The van der Waals surface area contributed by atoms with Crippen molar-refractivity contribution in [1.82, 2.24) is 4.90 Å². The van der Waals surface area contributed by atoms with Crippen molar-refractivity contribution >= 4 is 17.8 Å². The Kier molecular flexibility index (Phi) is 4.13. The minimum absolute atomic E-state index is 0.0851. The maximum atomic E-state index is 12.4. The van der Waals surface area contributed by atoms with Crippen LogP contribution in [0.3, 0.4) is 0 Å². The first-order valence-electron chi connectivity index (χ1n) is 9.57. The van der Waals surface area contributed by atoms with Crippen molar-refractivity contribution in [3.05, 3.63) is 0 Å². The van der Waals surface area contributed by atoms with Gasteiger partial charge in [0.2, 0.25) is 11.8 Å². The third-order valence-electron chi connectivity index (χ3n) is 6.72. The molecule has 5 atom stereocenters. The first-order valence-corrected chi connectivity index (χ1v) is 9.57. The Hall–Kier alpha value is -1.43. The highest BCUT2D eigenvalue weighted by atomic mass is 16.6. The van der Waals surface area contributed by atoms with E-state index in [1.54, 1.807) is 0 Å². The lowest BCUT2D eigenvalue weighted by molar-refractivity contribution is -0.210. The van der Waals surface area contributed by atoms with E-state index in [1.165, 1.54) is 4.90 Å². The molecule has 2 aliphatic heterocycles. The molecule has 4 aliphatic rings. The van der Waals surface area contributed by atoms with Gasteiger partial charge in [0.15, 0.2) is 0 Å². The van der Waals surface area contributed by atoms with Crippen LogP contribution >= 0.6 is 0 Å². The normalized spacial score (nSPS) is 39.0. The second-order valence-corrected chi connectivity index (χ2v) is 8.55. The standard InChI is InChI=1S/C19H27NO5/c1-19(2)15-13(8-10-24-15)16(19)25-14(21)7-9-20-17(22)11-5-3-4-6-12(11)18(20)23/h11-13,15-16H,3-10H2,1-2H3. The van der Waals surface area contributed by atoms with E-state index < -0.39 is 0 Å². The molecule has 138 valence electrons. The molecule has 4 fully saturated rings. The van der Waals surface area contributed by atoms with Gasteiger partial charge in [-0.3, -0.25) is 19.3 Å². The molecule has 6 nitrogen and oxygen atoms in total. The highest BCUT2D eigenvalue weighted by molar-refractivity contribution is 6.05. The van der Waals surface area contributed by atoms with Gasteiger partial charge in [0.05, 0.1) is 24.4 Å². The largest absolute Gasteiger partial charge is 0.461 e. The number of nitrogens with zero attached hydrogens (tertiary/aromatic N) is 1. The van der Waals surface area contributed by atoms with Gasteiger partial charge in [0.1, 0.15) is 6.10 Å². The summed E-state index contributed by atoms with van der Waals surface area (Å²) >= 11 is 0. The number of fused-ring (bicyclic) bond motifs is 2. The zero-order valence-corrected chi connectivity index (χ0v) is 15.0. The van der Waals surface area contributed by atoms with Crippen LogP contribution in [0.4, 0.5) is 0 Å². The van der Waals surface area contributed by atoms with Crippen LogP contribution in [0.15, 0.2) is 0 Å². The molecule has 25 heavy (non-hydrogen) atoms. The lowest BCUT2D eigenvalue weighted by Crippen LogP contribution is -2.61. The summed E-state index contributed by atoms with van der Waals surface area (Å²) in [4.78, 5) is 38.5. The Morgan fingerprint density at radius 2 is 1.80 bits per heavy atom. The third kappa shape index (κ3) is 2.60. The van der Waals surface area contributed by atoms with Crippen LogP contribution in [0.2, 0.25) is 0 Å². The number of amides is 2. The SMILES string of the molecule is CC1(C)C2OCCC2C1OC(=O)CCN1C(=O)C2CCCCC2C1=O. The monoisotopic (exact) mass is 349 g/mol. The Balaban J connectivity index is 1.32. The molecule has 0 aromatic rings. The summed E-state index contributed by atoms with van der Waals surface area (Å²) in [5, 5.41) is 0. The topological polar surface area (TPSA) is 72.9 Å². The van der Waals surface area contributed by atoms with Crippen molar-refractivity contribution in [2.75, 3.05) is 13.2 Å². The fourth-order valence-corrected chi connectivity index (χ4v) is 5.37.